The smallest absolute Gasteiger partial charge is 0.171 e. The Bertz CT molecular complexity index is 329. The summed E-state index contributed by atoms with van der Waals surface area (Å²) in [7, 11) is 0. The summed E-state index contributed by atoms with van der Waals surface area (Å²) in [6.45, 7) is 0.438. The van der Waals surface area contributed by atoms with Crippen molar-refractivity contribution in [3.05, 3.63) is 11.9 Å². The maximum atomic E-state index is 10.4. The predicted molar refractivity (Wildman–Crippen MR) is 48.8 cm³/mol. The van der Waals surface area contributed by atoms with Crippen LogP contribution in [0.3, 0.4) is 0 Å². The van der Waals surface area contributed by atoms with E-state index in [2.05, 4.69) is 10.3 Å². The number of carbonyl (C=O) groups is 1. The molecule has 76 valence electrons. The Balaban J connectivity index is 2.05. The average Bonchev–Trinajstić information content (AvgIpc) is 2.75. The second-order valence-corrected chi connectivity index (χ2v) is 3.89. The quantitative estimate of drug-likeness (QED) is 0.709. The van der Waals surface area contributed by atoms with E-state index in [0.29, 0.717) is 18.5 Å². The van der Waals surface area contributed by atoms with Gasteiger partial charge in [-0.15, -0.1) is 5.10 Å². The maximum absolute atomic E-state index is 10.4. The molecule has 1 aliphatic rings. The van der Waals surface area contributed by atoms with Crippen molar-refractivity contribution in [3.8, 4) is 0 Å². The molecule has 5 heteroatoms. The summed E-state index contributed by atoms with van der Waals surface area (Å²) in [5.74, 6) is 0. The van der Waals surface area contributed by atoms with Gasteiger partial charge in [0.2, 0.25) is 0 Å². The van der Waals surface area contributed by atoms with Crippen molar-refractivity contribution in [1.29, 1.82) is 0 Å². The van der Waals surface area contributed by atoms with E-state index in [-0.39, 0.29) is 0 Å². The van der Waals surface area contributed by atoms with Gasteiger partial charge >= 0.3 is 0 Å². The summed E-state index contributed by atoms with van der Waals surface area (Å²) >= 11 is 0. The molecule has 0 bridgehead atoms. The first-order valence-electron chi connectivity index (χ1n) is 4.80. The summed E-state index contributed by atoms with van der Waals surface area (Å²) < 4.78 is 1.54. The number of aliphatic hydroxyl groups is 1. The normalized spacial score (nSPS) is 19.8. The largest absolute Gasteiger partial charge is 0.388 e. The first kappa shape index (κ1) is 9.33. The second-order valence-electron chi connectivity index (χ2n) is 3.89. The molecule has 0 atom stereocenters. The monoisotopic (exact) mass is 195 g/mol. The number of nitrogens with zero attached hydrogens (tertiary/aromatic N) is 3. The van der Waals surface area contributed by atoms with Crippen LogP contribution in [-0.2, 0) is 6.54 Å². The Hall–Kier alpha value is -1.23. The van der Waals surface area contributed by atoms with Gasteiger partial charge in [-0.1, -0.05) is 18.1 Å². The molecular weight excluding hydrogens is 182 g/mol. The zero-order chi connectivity index (χ0) is 10.0. The molecule has 1 aromatic rings. The molecule has 1 N–H and O–H groups in total. The highest BCUT2D eigenvalue weighted by atomic mass is 16.3. The van der Waals surface area contributed by atoms with Gasteiger partial charge in [-0.3, -0.25) is 4.79 Å². The van der Waals surface area contributed by atoms with Gasteiger partial charge in [0, 0.05) is 0 Å². The molecule has 14 heavy (non-hydrogen) atoms. The molecule has 0 aliphatic heterocycles. The van der Waals surface area contributed by atoms with E-state index < -0.39 is 5.60 Å². The first-order valence-corrected chi connectivity index (χ1v) is 4.80. The van der Waals surface area contributed by atoms with Crippen molar-refractivity contribution < 1.29 is 9.90 Å². The van der Waals surface area contributed by atoms with E-state index >= 15 is 0 Å². The van der Waals surface area contributed by atoms with Crippen molar-refractivity contribution in [2.45, 2.75) is 37.8 Å². The summed E-state index contributed by atoms with van der Waals surface area (Å²) in [6, 6.07) is 0. The summed E-state index contributed by atoms with van der Waals surface area (Å²) in [5, 5.41) is 17.5. The van der Waals surface area contributed by atoms with Gasteiger partial charge < -0.3 is 5.11 Å². The molecule has 0 amide bonds. The summed E-state index contributed by atoms with van der Waals surface area (Å²) in [4.78, 5) is 10.4. The Morgan fingerprint density at radius 2 is 2.29 bits per heavy atom. The molecule has 0 unspecified atom stereocenters. The summed E-state index contributed by atoms with van der Waals surface area (Å²) in [5.41, 5.74) is -0.333. The molecular formula is C9H13N3O2. The molecule has 1 aliphatic carbocycles. The lowest BCUT2D eigenvalue weighted by atomic mass is 10.0. The predicted octanol–water partition coefficient (Wildman–Crippen LogP) is 0.396. The number of hydrogen-bond acceptors (Lipinski definition) is 4. The van der Waals surface area contributed by atoms with Gasteiger partial charge in [0.1, 0.15) is 5.69 Å². The van der Waals surface area contributed by atoms with Gasteiger partial charge in [0.05, 0.1) is 18.3 Å². The van der Waals surface area contributed by atoms with Crippen LogP contribution >= 0.6 is 0 Å². The zero-order valence-corrected chi connectivity index (χ0v) is 7.89. The van der Waals surface area contributed by atoms with Crippen molar-refractivity contribution in [2.24, 2.45) is 0 Å². The fourth-order valence-corrected chi connectivity index (χ4v) is 1.94. The maximum Gasteiger partial charge on any atom is 0.171 e. The second kappa shape index (κ2) is 3.49. The highest BCUT2D eigenvalue weighted by Crippen LogP contribution is 2.30. The fourth-order valence-electron chi connectivity index (χ4n) is 1.94. The van der Waals surface area contributed by atoms with Crippen molar-refractivity contribution in [3.63, 3.8) is 0 Å². The molecule has 1 aromatic heterocycles. The standard InChI is InChI=1S/C9H13N3O2/c13-6-8-5-12(11-10-8)7-9(14)3-1-2-4-9/h5-6,14H,1-4,7H2. The van der Waals surface area contributed by atoms with Gasteiger partial charge in [-0.25, -0.2) is 4.68 Å². The molecule has 0 radical (unpaired) electrons. The Labute approximate surface area is 81.7 Å². The van der Waals surface area contributed by atoms with Crippen LogP contribution in [0.2, 0.25) is 0 Å². The minimum absolute atomic E-state index is 0.312. The average molecular weight is 195 g/mol. The van der Waals surface area contributed by atoms with Gasteiger partial charge in [-0.2, -0.15) is 0 Å². The molecule has 1 heterocycles. The van der Waals surface area contributed by atoms with E-state index in [9.17, 15) is 9.90 Å². The zero-order valence-electron chi connectivity index (χ0n) is 7.89. The van der Waals surface area contributed by atoms with Crippen LogP contribution in [0.25, 0.3) is 0 Å². The third kappa shape index (κ3) is 1.82. The van der Waals surface area contributed by atoms with E-state index in [1.807, 2.05) is 0 Å². The van der Waals surface area contributed by atoms with Gasteiger partial charge in [0.25, 0.3) is 0 Å². The highest BCUT2D eigenvalue weighted by Gasteiger charge is 2.31. The van der Waals surface area contributed by atoms with Gasteiger partial charge in [0.15, 0.2) is 6.29 Å². The summed E-state index contributed by atoms with van der Waals surface area (Å²) in [6.07, 6.45) is 5.95. The minimum Gasteiger partial charge on any atom is -0.388 e. The van der Waals surface area contributed by atoms with Crippen molar-refractivity contribution in [1.82, 2.24) is 15.0 Å². The lowest BCUT2D eigenvalue weighted by Crippen LogP contribution is -2.30. The van der Waals surface area contributed by atoms with E-state index in [4.69, 9.17) is 0 Å². The Morgan fingerprint density at radius 1 is 1.57 bits per heavy atom. The number of aromatic nitrogens is 3. The molecule has 0 spiro atoms. The number of carbonyl (C=O) groups excluding carboxylic acids is 1. The number of aldehydes is 1. The number of hydrogen-bond donors (Lipinski definition) is 1. The highest BCUT2D eigenvalue weighted by molar-refractivity contribution is 5.70. The number of rotatable bonds is 3. The lowest BCUT2D eigenvalue weighted by Gasteiger charge is -2.20. The van der Waals surface area contributed by atoms with Crippen LogP contribution in [0.1, 0.15) is 36.2 Å². The topological polar surface area (TPSA) is 68.0 Å². The van der Waals surface area contributed by atoms with E-state index in [0.717, 1.165) is 25.7 Å². The van der Waals surface area contributed by atoms with Crippen LogP contribution in [0.4, 0.5) is 0 Å². The van der Waals surface area contributed by atoms with Crippen LogP contribution in [0, 0.1) is 0 Å². The first-order chi connectivity index (χ1) is 6.72. The van der Waals surface area contributed by atoms with Crippen LogP contribution in [-0.4, -0.2) is 32.0 Å². The molecule has 0 saturated heterocycles. The van der Waals surface area contributed by atoms with E-state index in [1.165, 1.54) is 4.68 Å². The SMILES string of the molecule is O=Cc1cn(CC2(O)CCCC2)nn1. The molecule has 2 rings (SSSR count). The van der Waals surface area contributed by atoms with Crippen LogP contribution < -0.4 is 0 Å². The minimum atomic E-state index is -0.645. The Kier molecular flexibility index (Phi) is 2.33. The van der Waals surface area contributed by atoms with Gasteiger partial charge in [-0.05, 0) is 12.8 Å². The lowest BCUT2D eigenvalue weighted by molar-refractivity contribution is 0.0260. The van der Waals surface area contributed by atoms with Crippen LogP contribution in [0.15, 0.2) is 6.20 Å². The van der Waals surface area contributed by atoms with Crippen molar-refractivity contribution >= 4 is 6.29 Å². The molecule has 5 nitrogen and oxygen atoms in total. The fraction of sp³-hybridized carbons (Fsp3) is 0.667. The third-order valence-electron chi connectivity index (χ3n) is 2.67. The van der Waals surface area contributed by atoms with E-state index in [1.54, 1.807) is 6.20 Å². The Morgan fingerprint density at radius 3 is 2.86 bits per heavy atom. The third-order valence-corrected chi connectivity index (χ3v) is 2.67. The molecule has 1 fully saturated rings. The van der Waals surface area contributed by atoms with Crippen molar-refractivity contribution in [2.75, 3.05) is 0 Å². The van der Waals surface area contributed by atoms with Crippen LogP contribution in [0.5, 0.6) is 0 Å². The molecule has 1 saturated carbocycles. The molecule has 0 aromatic carbocycles.